The summed E-state index contributed by atoms with van der Waals surface area (Å²) in [4.78, 5) is 13.1. The maximum atomic E-state index is 11.8. The number of thiophene rings is 1. The second kappa shape index (κ2) is 6.83. The quantitative estimate of drug-likeness (QED) is 0.723. The van der Waals surface area contributed by atoms with Crippen LogP contribution in [0.3, 0.4) is 0 Å². The van der Waals surface area contributed by atoms with Crippen molar-refractivity contribution in [3.8, 4) is 0 Å². The van der Waals surface area contributed by atoms with Crippen molar-refractivity contribution in [2.75, 3.05) is 33.7 Å². The third-order valence-corrected chi connectivity index (χ3v) is 5.10. The van der Waals surface area contributed by atoms with Crippen molar-refractivity contribution in [2.45, 2.75) is 4.21 Å². The summed E-state index contributed by atoms with van der Waals surface area (Å²) >= 11 is 1.12. The fourth-order valence-electron chi connectivity index (χ4n) is 1.18. The number of nitrogens with zero attached hydrogens (tertiary/aromatic N) is 1. The second-order valence-electron chi connectivity index (χ2n) is 3.68. The maximum absolute atomic E-state index is 11.8. The molecule has 0 atom stereocenters. The lowest BCUT2D eigenvalue weighted by Gasteiger charge is -2.16. The van der Waals surface area contributed by atoms with Gasteiger partial charge in [0.25, 0.3) is 10.0 Å². The number of hydrogen-bond donors (Lipinski definition) is 2. The predicted octanol–water partition coefficient (Wildman–Crippen LogP) is -0.296. The third-order valence-electron chi connectivity index (χ3n) is 2.30. The summed E-state index contributed by atoms with van der Waals surface area (Å²) in [6.45, 7) is 0.983. The molecule has 0 aromatic carbocycles. The summed E-state index contributed by atoms with van der Waals surface area (Å²) in [5, 5.41) is 4.59. The standard InChI is InChI=1S/C10H17N3O3S2/c1-11-5-6-13(2)9(14)8-12-18(15,16)10-4-3-7-17-10/h3-4,7,11-12H,5-6,8H2,1-2H3. The van der Waals surface area contributed by atoms with E-state index >= 15 is 0 Å². The Bertz CT molecular complexity index is 471. The van der Waals surface area contributed by atoms with Crippen molar-refractivity contribution in [1.82, 2.24) is 14.9 Å². The fraction of sp³-hybridized carbons (Fsp3) is 0.500. The Kier molecular flexibility index (Phi) is 5.73. The Morgan fingerprint density at radius 2 is 2.22 bits per heavy atom. The van der Waals surface area contributed by atoms with Gasteiger partial charge in [-0.25, -0.2) is 13.1 Å². The van der Waals surface area contributed by atoms with Gasteiger partial charge < -0.3 is 10.2 Å². The third kappa shape index (κ3) is 4.37. The maximum Gasteiger partial charge on any atom is 0.250 e. The number of sulfonamides is 1. The zero-order valence-corrected chi connectivity index (χ0v) is 12.0. The van der Waals surface area contributed by atoms with E-state index in [4.69, 9.17) is 0 Å². The summed E-state index contributed by atoms with van der Waals surface area (Å²) in [6, 6.07) is 3.16. The molecule has 1 rings (SSSR count). The minimum absolute atomic E-state index is 0.216. The molecular formula is C10H17N3O3S2. The Labute approximate surface area is 111 Å². The first-order chi connectivity index (χ1) is 8.47. The smallest absolute Gasteiger partial charge is 0.250 e. The van der Waals surface area contributed by atoms with Crippen LogP contribution in [-0.4, -0.2) is 53.0 Å². The zero-order valence-electron chi connectivity index (χ0n) is 10.3. The van der Waals surface area contributed by atoms with Crippen molar-refractivity contribution in [2.24, 2.45) is 0 Å². The first-order valence-corrected chi connectivity index (χ1v) is 7.75. The van der Waals surface area contributed by atoms with E-state index in [1.807, 2.05) is 0 Å². The van der Waals surface area contributed by atoms with E-state index < -0.39 is 10.0 Å². The summed E-state index contributed by atoms with van der Waals surface area (Å²) in [6.07, 6.45) is 0. The molecule has 6 nitrogen and oxygen atoms in total. The molecule has 0 saturated carbocycles. The van der Waals surface area contributed by atoms with Crippen molar-refractivity contribution < 1.29 is 13.2 Å². The van der Waals surface area contributed by atoms with Crippen LogP contribution in [0.2, 0.25) is 0 Å². The van der Waals surface area contributed by atoms with E-state index in [0.717, 1.165) is 11.3 Å². The highest BCUT2D eigenvalue weighted by molar-refractivity contribution is 7.91. The molecule has 0 fully saturated rings. The zero-order chi connectivity index (χ0) is 13.6. The first kappa shape index (κ1) is 15.1. The lowest BCUT2D eigenvalue weighted by molar-refractivity contribution is -0.128. The molecule has 1 heterocycles. The van der Waals surface area contributed by atoms with Crippen molar-refractivity contribution in [1.29, 1.82) is 0 Å². The largest absolute Gasteiger partial charge is 0.343 e. The highest BCUT2D eigenvalue weighted by atomic mass is 32.2. The molecule has 2 N–H and O–H groups in total. The van der Waals surface area contributed by atoms with Crippen molar-refractivity contribution in [3.63, 3.8) is 0 Å². The predicted molar refractivity (Wildman–Crippen MR) is 71.1 cm³/mol. The minimum atomic E-state index is -3.56. The van der Waals surface area contributed by atoms with Gasteiger partial charge in [0.2, 0.25) is 5.91 Å². The normalized spacial score (nSPS) is 11.4. The molecule has 0 unspecified atom stereocenters. The average molecular weight is 291 g/mol. The Morgan fingerprint density at radius 3 is 2.78 bits per heavy atom. The summed E-state index contributed by atoms with van der Waals surface area (Å²) < 4.78 is 26.0. The molecule has 0 aliphatic heterocycles. The van der Waals surface area contributed by atoms with Gasteiger partial charge in [0.1, 0.15) is 4.21 Å². The number of carbonyl (C=O) groups excluding carboxylic acids is 1. The van der Waals surface area contributed by atoms with Gasteiger partial charge in [0.05, 0.1) is 6.54 Å². The molecule has 0 aliphatic carbocycles. The van der Waals surface area contributed by atoms with Gasteiger partial charge in [-0.05, 0) is 18.5 Å². The number of rotatable bonds is 7. The van der Waals surface area contributed by atoms with E-state index in [1.54, 1.807) is 25.5 Å². The van der Waals surface area contributed by atoms with E-state index in [-0.39, 0.29) is 16.7 Å². The van der Waals surface area contributed by atoms with Crippen LogP contribution >= 0.6 is 11.3 Å². The summed E-state index contributed by atoms with van der Waals surface area (Å²) in [5.41, 5.74) is 0. The first-order valence-electron chi connectivity index (χ1n) is 5.39. The van der Waals surface area contributed by atoms with E-state index in [2.05, 4.69) is 10.0 Å². The Hall–Kier alpha value is -0.960. The molecule has 8 heteroatoms. The van der Waals surface area contributed by atoms with Crippen LogP contribution in [0.1, 0.15) is 0 Å². The molecule has 0 aliphatic rings. The molecule has 0 radical (unpaired) electrons. The molecular weight excluding hydrogens is 274 g/mol. The molecule has 0 bridgehead atoms. The van der Waals surface area contributed by atoms with Gasteiger partial charge in [0, 0.05) is 20.1 Å². The lowest BCUT2D eigenvalue weighted by atomic mass is 10.5. The molecule has 18 heavy (non-hydrogen) atoms. The summed E-state index contributed by atoms with van der Waals surface area (Å²) in [7, 11) is -0.133. The monoisotopic (exact) mass is 291 g/mol. The van der Waals surface area contributed by atoms with Gasteiger partial charge in [-0.15, -0.1) is 11.3 Å². The average Bonchev–Trinajstić information content (AvgIpc) is 2.87. The van der Waals surface area contributed by atoms with Gasteiger partial charge in [-0.2, -0.15) is 0 Å². The van der Waals surface area contributed by atoms with Crippen LogP contribution in [0.5, 0.6) is 0 Å². The highest BCUT2D eigenvalue weighted by Crippen LogP contribution is 2.14. The molecule has 1 amide bonds. The number of amides is 1. The van der Waals surface area contributed by atoms with Crippen LogP contribution in [-0.2, 0) is 14.8 Å². The van der Waals surface area contributed by atoms with Crippen LogP contribution in [0, 0.1) is 0 Å². The lowest BCUT2D eigenvalue weighted by Crippen LogP contribution is -2.40. The van der Waals surface area contributed by atoms with Crippen LogP contribution < -0.4 is 10.0 Å². The van der Waals surface area contributed by atoms with Crippen molar-refractivity contribution >= 4 is 27.3 Å². The molecule has 0 spiro atoms. The van der Waals surface area contributed by atoms with E-state index in [9.17, 15) is 13.2 Å². The number of likely N-dealkylation sites (N-methyl/N-ethyl adjacent to an activating group) is 2. The molecule has 102 valence electrons. The molecule has 1 aromatic rings. The van der Waals surface area contributed by atoms with Gasteiger partial charge >= 0.3 is 0 Å². The second-order valence-corrected chi connectivity index (χ2v) is 6.62. The molecule has 0 saturated heterocycles. The highest BCUT2D eigenvalue weighted by Gasteiger charge is 2.17. The van der Waals surface area contributed by atoms with Crippen LogP contribution in [0.4, 0.5) is 0 Å². The Balaban J connectivity index is 2.48. The van der Waals surface area contributed by atoms with Gasteiger partial charge in [-0.3, -0.25) is 4.79 Å². The minimum Gasteiger partial charge on any atom is -0.343 e. The van der Waals surface area contributed by atoms with E-state index in [1.165, 1.54) is 11.0 Å². The van der Waals surface area contributed by atoms with Crippen LogP contribution in [0.15, 0.2) is 21.7 Å². The van der Waals surface area contributed by atoms with Crippen molar-refractivity contribution in [3.05, 3.63) is 17.5 Å². The molecule has 1 aromatic heterocycles. The number of hydrogen-bond acceptors (Lipinski definition) is 5. The van der Waals surface area contributed by atoms with Gasteiger partial charge in [0.15, 0.2) is 0 Å². The van der Waals surface area contributed by atoms with Crippen LogP contribution in [0.25, 0.3) is 0 Å². The SMILES string of the molecule is CNCCN(C)C(=O)CNS(=O)(=O)c1cccs1. The topological polar surface area (TPSA) is 78.5 Å². The fourth-order valence-corrected chi connectivity index (χ4v) is 3.20. The van der Waals surface area contributed by atoms with Gasteiger partial charge in [-0.1, -0.05) is 6.07 Å². The number of carbonyl (C=O) groups is 1. The number of nitrogens with one attached hydrogen (secondary N) is 2. The summed E-state index contributed by atoms with van der Waals surface area (Å²) in [5.74, 6) is -0.259. The van der Waals surface area contributed by atoms with E-state index in [0.29, 0.717) is 13.1 Å². The Morgan fingerprint density at radius 1 is 1.50 bits per heavy atom.